The Morgan fingerprint density at radius 2 is 2.04 bits per heavy atom. The minimum Gasteiger partial charge on any atom is -0.461 e. The zero-order chi connectivity index (χ0) is 17.9. The first-order valence-corrected chi connectivity index (χ1v) is 8.95. The van der Waals surface area contributed by atoms with Crippen LogP contribution >= 0.6 is 0 Å². The zero-order valence-corrected chi connectivity index (χ0v) is 15.0. The maximum Gasteiger partial charge on any atom is 0.134 e. The van der Waals surface area contributed by atoms with Crippen LogP contribution in [0.4, 0.5) is 4.39 Å². The van der Waals surface area contributed by atoms with Gasteiger partial charge in [0.15, 0.2) is 0 Å². The number of alkyl halides is 1. The van der Waals surface area contributed by atoms with Crippen molar-refractivity contribution in [1.82, 2.24) is 4.90 Å². The van der Waals surface area contributed by atoms with E-state index in [1.807, 2.05) is 19.1 Å². The third-order valence-corrected chi connectivity index (χ3v) is 5.31. The van der Waals surface area contributed by atoms with Crippen molar-refractivity contribution < 1.29 is 8.81 Å². The van der Waals surface area contributed by atoms with Crippen LogP contribution in [-0.4, -0.2) is 24.2 Å². The van der Waals surface area contributed by atoms with Gasteiger partial charge in [-0.3, -0.25) is 4.90 Å². The Morgan fingerprint density at radius 1 is 1.28 bits per heavy atom. The van der Waals surface area contributed by atoms with Gasteiger partial charge in [0.2, 0.25) is 0 Å². The second kappa shape index (κ2) is 7.41. The normalized spacial score (nSPS) is 24.2. The fourth-order valence-corrected chi connectivity index (χ4v) is 3.39. The number of halogens is 1. The molecule has 1 fully saturated rings. The van der Waals surface area contributed by atoms with E-state index in [9.17, 15) is 4.39 Å². The van der Waals surface area contributed by atoms with Crippen molar-refractivity contribution in [3.05, 3.63) is 47.7 Å². The minimum atomic E-state index is -0.948. The summed E-state index contributed by atoms with van der Waals surface area (Å²) in [6.07, 6.45) is 0.962. The van der Waals surface area contributed by atoms with Crippen LogP contribution < -0.4 is 0 Å². The van der Waals surface area contributed by atoms with E-state index in [1.54, 1.807) is 0 Å². The maximum absolute atomic E-state index is 14.5. The van der Waals surface area contributed by atoms with Gasteiger partial charge in [0.1, 0.15) is 17.7 Å². The van der Waals surface area contributed by atoms with Gasteiger partial charge in [0.05, 0.1) is 6.07 Å². The number of nitrogens with zero attached hydrogens (tertiary/aromatic N) is 2. The van der Waals surface area contributed by atoms with Crippen LogP contribution in [0.25, 0.3) is 11.3 Å². The Hall–Kier alpha value is -2.12. The third kappa shape index (κ3) is 3.93. The standard InChI is InChI=1S/C21H25FN2O/c1-3-18-8-9-19(25-18)17-6-4-16(5-7-17)14-24-13-11-21(2,10-12-23)20(22)15-24/h4-9,20H,3,10-11,13-15H2,1-2H3. The molecule has 2 heterocycles. The van der Waals surface area contributed by atoms with Crippen molar-refractivity contribution in [1.29, 1.82) is 5.26 Å². The van der Waals surface area contributed by atoms with E-state index in [1.165, 1.54) is 5.56 Å². The lowest BCUT2D eigenvalue weighted by atomic mass is 9.76. The number of hydrogen-bond donors (Lipinski definition) is 0. The summed E-state index contributed by atoms with van der Waals surface area (Å²) in [5, 5.41) is 8.90. The van der Waals surface area contributed by atoms with Gasteiger partial charge in [-0.25, -0.2) is 4.39 Å². The first-order valence-electron chi connectivity index (χ1n) is 8.95. The number of aryl methyl sites for hydroxylation is 1. The molecule has 25 heavy (non-hydrogen) atoms. The van der Waals surface area contributed by atoms with Crippen LogP contribution in [0.3, 0.4) is 0 Å². The monoisotopic (exact) mass is 340 g/mol. The summed E-state index contributed by atoms with van der Waals surface area (Å²) in [5.41, 5.74) is 1.74. The van der Waals surface area contributed by atoms with Gasteiger partial charge in [-0.1, -0.05) is 38.1 Å². The molecule has 4 heteroatoms. The van der Waals surface area contributed by atoms with Crippen molar-refractivity contribution in [3.8, 4) is 17.4 Å². The van der Waals surface area contributed by atoms with Gasteiger partial charge < -0.3 is 4.42 Å². The summed E-state index contributed by atoms with van der Waals surface area (Å²) in [6.45, 7) is 5.93. The molecule has 132 valence electrons. The van der Waals surface area contributed by atoms with E-state index in [2.05, 4.69) is 42.2 Å². The number of nitriles is 1. The van der Waals surface area contributed by atoms with Crippen molar-refractivity contribution >= 4 is 0 Å². The molecule has 1 aromatic heterocycles. The first-order chi connectivity index (χ1) is 12.0. The number of hydrogen-bond acceptors (Lipinski definition) is 3. The van der Waals surface area contributed by atoms with E-state index in [4.69, 9.17) is 9.68 Å². The number of furan rings is 1. The van der Waals surface area contributed by atoms with Crippen molar-refractivity contribution in [2.24, 2.45) is 5.41 Å². The summed E-state index contributed by atoms with van der Waals surface area (Å²) in [4.78, 5) is 2.14. The molecule has 0 radical (unpaired) electrons. The Morgan fingerprint density at radius 3 is 2.64 bits per heavy atom. The molecule has 0 saturated carbocycles. The van der Waals surface area contributed by atoms with E-state index in [0.29, 0.717) is 13.0 Å². The van der Waals surface area contributed by atoms with E-state index < -0.39 is 11.6 Å². The Balaban J connectivity index is 1.62. The highest BCUT2D eigenvalue weighted by molar-refractivity contribution is 5.57. The molecular formula is C21H25FN2O. The minimum absolute atomic E-state index is 0.291. The summed E-state index contributed by atoms with van der Waals surface area (Å²) in [7, 11) is 0. The molecule has 2 aromatic rings. The molecule has 0 bridgehead atoms. The summed E-state index contributed by atoms with van der Waals surface area (Å²) < 4.78 is 20.3. The van der Waals surface area contributed by atoms with Crippen molar-refractivity contribution in [2.75, 3.05) is 13.1 Å². The SMILES string of the molecule is CCc1ccc(-c2ccc(CN3CCC(C)(CC#N)C(F)C3)cc2)o1. The van der Waals surface area contributed by atoms with Crippen LogP contribution in [0.1, 0.15) is 38.0 Å². The van der Waals surface area contributed by atoms with Gasteiger partial charge >= 0.3 is 0 Å². The number of benzene rings is 1. The van der Waals surface area contributed by atoms with Crippen molar-refractivity contribution in [2.45, 2.75) is 45.8 Å². The lowest BCUT2D eigenvalue weighted by Gasteiger charge is -2.41. The molecular weight excluding hydrogens is 315 g/mol. The molecule has 2 atom stereocenters. The van der Waals surface area contributed by atoms with Gasteiger partial charge in [-0.15, -0.1) is 0 Å². The molecule has 0 aliphatic carbocycles. The van der Waals surface area contributed by atoms with E-state index in [0.717, 1.165) is 43.0 Å². The number of likely N-dealkylation sites (tertiary alicyclic amines) is 1. The van der Waals surface area contributed by atoms with Crippen LogP contribution in [-0.2, 0) is 13.0 Å². The maximum atomic E-state index is 14.5. The van der Waals surface area contributed by atoms with Gasteiger partial charge in [-0.2, -0.15) is 5.26 Å². The molecule has 3 nitrogen and oxygen atoms in total. The first kappa shape index (κ1) is 17.7. The van der Waals surface area contributed by atoms with Crippen LogP contribution in [0, 0.1) is 16.7 Å². The second-order valence-corrected chi connectivity index (χ2v) is 7.26. The topological polar surface area (TPSA) is 40.2 Å². The molecule has 1 aliphatic rings. The quantitative estimate of drug-likeness (QED) is 0.771. The third-order valence-electron chi connectivity index (χ3n) is 5.31. The predicted octanol–water partition coefficient (Wildman–Crippen LogP) is 4.97. The van der Waals surface area contributed by atoms with Crippen LogP contribution in [0.15, 0.2) is 40.8 Å². The molecule has 0 N–H and O–H groups in total. The van der Waals surface area contributed by atoms with Crippen LogP contribution in [0.5, 0.6) is 0 Å². The highest BCUT2D eigenvalue weighted by atomic mass is 19.1. The Bertz CT molecular complexity index is 746. The molecule has 0 spiro atoms. The molecule has 3 rings (SSSR count). The summed E-state index contributed by atoms with van der Waals surface area (Å²) in [6, 6.07) is 14.4. The number of piperidine rings is 1. The fourth-order valence-electron chi connectivity index (χ4n) is 3.39. The van der Waals surface area contributed by atoms with Gasteiger partial charge in [0, 0.05) is 36.9 Å². The molecule has 0 amide bonds. The lowest BCUT2D eigenvalue weighted by molar-refractivity contribution is 0.0186. The zero-order valence-electron chi connectivity index (χ0n) is 15.0. The molecule has 1 aromatic carbocycles. The number of rotatable bonds is 5. The fraction of sp³-hybridized carbons (Fsp3) is 0.476. The smallest absolute Gasteiger partial charge is 0.134 e. The van der Waals surface area contributed by atoms with Gasteiger partial charge in [0.25, 0.3) is 0 Å². The second-order valence-electron chi connectivity index (χ2n) is 7.26. The molecule has 2 unspecified atom stereocenters. The summed E-state index contributed by atoms with van der Waals surface area (Å²) >= 11 is 0. The average molecular weight is 340 g/mol. The molecule has 1 aliphatic heterocycles. The van der Waals surface area contributed by atoms with Gasteiger partial charge in [-0.05, 0) is 30.7 Å². The average Bonchev–Trinajstić information content (AvgIpc) is 3.09. The highest BCUT2D eigenvalue weighted by Gasteiger charge is 2.39. The van der Waals surface area contributed by atoms with Crippen LogP contribution in [0.2, 0.25) is 0 Å². The lowest BCUT2D eigenvalue weighted by Crippen LogP contribution is -2.47. The van der Waals surface area contributed by atoms with E-state index in [-0.39, 0.29) is 0 Å². The van der Waals surface area contributed by atoms with E-state index >= 15 is 0 Å². The largest absolute Gasteiger partial charge is 0.461 e. The Labute approximate surface area is 149 Å². The van der Waals surface area contributed by atoms with Crippen molar-refractivity contribution in [3.63, 3.8) is 0 Å². The highest BCUT2D eigenvalue weighted by Crippen LogP contribution is 2.36. The molecule has 1 saturated heterocycles. The Kier molecular flexibility index (Phi) is 5.24. The summed E-state index contributed by atoms with van der Waals surface area (Å²) in [5.74, 6) is 1.87. The predicted molar refractivity (Wildman–Crippen MR) is 96.6 cm³/mol.